The molecule has 1 aromatic carbocycles. The van der Waals surface area contributed by atoms with Crippen LogP contribution in [0.25, 0.3) is 0 Å². The minimum atomic E-state index is -1.13. The third kappa shape index (κ3) is 6.13. The van der Waals surface area contributed by atoms with Crippen molar-refractivity contribution in [3.8, 4) is 5.75 Å². The topological polar surface area (TPSA) is 108 Å². The molecule has 116 valence electrons. The van der Waals surface area contributed by atoms with Gasteiger partial charge >= 0.3 is 12.0 Å². The van der Waals surface area contributed by atoms with Gasteiger partial charge in [0.05, 0.1) is 12.6 Å². The van der Waals surface area contributed by atoms with E-state index in [0.717, 1.165) is 0 Å². The van der Waals surface area contributed by atoms with Crippen molar-refractivity contribution in [2.24, 2.45) is 0 Å². The van der Waals surface area contributed by atoms with Crippen molar-refractivity contribution < 1.29 is 24.5 Å². The van der Waals surface area contributed by atoms with E-state index in [2.05, 4.69) is 10.6 Å². The third-order valence-corrected chi connectivity index (χ3v) is 2.77. The second-order valence-corrected chi connectivity index (χ2v) is 4.74. The molecule has 21 heavy (non-hydrogen) atoms. The van der Waals surface area contributed by atoms with Crippen molar-refractivity contribution in [2.75, 3.05) is 13.7 Å². The van der Waals surface area contributed by atoms with Gasteiger partial charge < -0.3 is 25.6 Å². The number of hydrogen-bond acceptors (Lipinski definition) is 4. The number of aromatic hydroxyl groups is 1. The highest BCUT2D eigenvalue weighted by molar-refractivity contribution is 5.82. The van der Waals surface area contributed by atoms with Crippen molar-refractivity contribution in [1.82, 2.24) is 10.6 Å². The van der Waals surface area contributed by atoms with Gasteiger partial charge in [-0.05, 0) is 24.6 Å². The number of nitrogens with one attached hydrogen (secondary N) is 2. The van der Waals surface area contributed by atoms with Crippen molar-refractivity contribution in [1.29, 1.82) is 0 Å². The van der Waals surface area contributed by atoms with E-state index in [9.17, 15) is 14.7 Å². The standard InChI is InChI=1S/C14H20N2O5/c1-9(8-21-2)15-14(20)16-12(13(18)19)7-10-3-5-11(17)6-4-10/h3-6,9,12,17H,7-8H2,1-2H3,(H,18,19)(H2,15,16,20). The van der Waals surface area contributed by atoms with Crippen LogP contribution >= 0.6 is 0 Å². The molecule has 0 aliphatic carbocycles. The number of carboxylic acid groups (broad SMARTS) is 1. The summed E-state index contributed by atoms with van der Waals surface area (Å²) in [6.07, 6.45) is 0.127. The molecule has 0 bridgehead atoms. The van der Waals surface area contributed by atoms with E-state index >= 15 is 0 Å². The molecule has 0 heterocycles. The van der Waals surface area contributed by atoms with Crippen LogP contribution in [0.1, 0.15) is 12.5 Å². The van der Waals surface area contributed by atoms with Gasteiger partial charge in [0, 0.05) is 13.5 Å². The molecule has 0 fully saturated rings. The smallest absolute Gasteiger partial charge is 0.326 e. The van der Waals surface area contributed by atoms with Crippen molar-refractivity contribution >= 4 is 12.0 Å². The first kappa shape index (κ1) is 16.8. The van der Waals surface area contributed by atoms with Gasteiger partial charge in [0.25, 0.3) is 0 Å². The van der Waals surface area contributed by atoms with Crippen LogP contribution in [0.3, 0.4) is 0 Å². The van der Waals surface area contributed by atoms with Crippen LogP contribution in [-0.4, -0.2) is 48.0 Å². The number of amides is 2. The van der Waals surface area contributed by atoms with Gasteiger partial charge in [0.15, 0.2) is 0 Å². The van der Waals surface area contributed by atoms with Crippen LogP contribution in [0.2, 0.25) is 0 Å². The number of carbonyl (C=O) groups is 2. The molecule has 7 heteroatoms. The molecule has 1 aromatic rings. The lowest BCUT2D eigenvalue weighted by Gasteiger charge is -2.18. The monoisotopic (exact) mass is 296 g/mol. The number of rotatable bonds is 7. The molecule has 0 aliphatic rings. The Kier molecular flexibility index (Phi) is 6.48. The Hall–Kier alpha value is -2.28. The van der Waals surface area contributed by atoms with Crippen LogP contribution in [0.4, 0.5) is 4.79 Å². The van der Waals surface area contributed by atoms with Gasteiger partial charge in [0.1, 0.15) is 11.8 Å². The molecule has 0 aliphatic heterocycles. The molecular formula is C14H20N2O5. The third-order valence-electron chi connectivity index (χ3n) is 2.77. The molecule has 4 N–H and O–H groups in total. The first-order chi connectivity index (χ1) is 9.92. The van der Waals surface area contributed by atoms with Gasteiger partial charge in [-0.1, -0.05) is 12.1 Å². The van der Waals surface area contributed by atoms with Gasteiger partial charge in [0.2, 0.25) is 0 Å². The number of phenolic OH excluding ortho intramolecular Hbond substituents is 1. The van der Waals surface area contributed by atoms with Crippen molar-refractivity contribution in [3.05, 3.63) is 29.8 Å². The average molecular weight is 296 g/mol. The summed E-state index contributed by atoms with van der Waals surface area (Å²) in [6.45, 7) is 2.09. The maximum absolute atomic E-state index is 11.7. The fraction of sp³-hybridized carbons (Fsp3) is 0.429. The largest absolute Gasteiger partial charge is 0.508 e. The van der Waals surface area contributed by atoms with E-state index in [1.165, 1.54) is 19.2 Å². The first-order valence-corrected chi connectivity index (χ1v) is 6.49. The second-order valence-electron chi connectivity index (χ2n) is 4.74. The summed E-state index contributed by atoms with van der Waals surface area (Å²) in [5.41, 5.74) is 0.699. The Morgan fingerprint density at radius 2 is 1.86 bits per heavy atom. The molecule has 0 saturated carbocycles. The van der Waals surface area contributed by atoms with Gasteiger partial charge in [-0.25, -0.2) is 9.59 Å². The highest BCUT2D eigenvalue weighted by atomic mass is 16.5. The molecule has 7 nitrogen and oxygen atoms in total. The Morgan fingerprint density at radius 1 is 1.24 bits per heavy atom. The zero-order valence-electron chi connectivity index (χ0n) is 12.0. The number of phenols is 1. The minimum Gasteiger partial charge on any atom is -0.508 e. The van der Waals surface area contributed by atoms with E-state index in [0.29, 0.717) is 12.2 Å². The zero-order valence-corrected chi connectivity index (χ0v) is 12.0. The zero-order chi connectivity index (χ0) is 15.8. The van der Waals surface area contributed by atoms with Crippen LogP contribution in [0.5, 0.6) is 5.75 Å². The first-order valence-electron chi connectivity index (χ1n) is 6.49. The second kappa shape index (κ2) is 8.11. The minimum absolute atomic E-state index is 0.102. The number of carbonyl (C=O) groups excluding carboxylic acids is 1. The van der Waals surface area contributed by atoms with E-state index in [1.54, 1.807) is 19.1 Å². The van der Waals surface area contributed by atoms with E-state index in [1.807, 2.05) is 0 Å². The number of ether oxygens (including phenoxy) is 1. The normalized spacial score (nSPS) is 13.2. The van der Waals surface area contributed by atoms with Crippen molar-refractivity contribution in [3.63, 3.8) is 0 Å². The van der Waals surface area contributed by atoms with E-state index in [4.69, 9.17) is 9.84 Å². The summed E-state index contributed by atoms with van der Waals surface area (Å²) in [4.78, 5) is 22.9. The molecule has 2 amide bonds. The quantitative estimate of drug-likeness (QED) is 0.593. The number of urea groups is 1. The molecule has 2 unspecified atom stereocenters. The van der Waals surface area contributed by atoms with Gasteiger partial charge in [-0.15, -0.1) is 0 Å². The SMILES string of the molecule is COCC(C)NC(=O)NC(Cc1ccc(O)cc1)C(=O)O. The number of aliphatic carboxylic acids is 1. The van der Waals surface area contributed by atoms with E-state index < -0.39 is 18.0 Å². The summed E-state index contributed by atoms with van der Waals surface area (Å²) in [6, 6.07) is 4.31. The fourth-order valence-electron chi connectivity index (χ4n) is 1.78. The van der Waals surface area contributed by atoms with Crippen LogP contribution in [0.15, 0.2) is 24.3 Å². The lowest BCUT2D eigenvalue weighted by atomic mass is 10.1. The maximum Gasteiger partial charge on any atom is 0.326 e. The number of benzene rings is 1. The summed E-state index contributed by atoms with van der Waals surface area (Å²) < 4.78 is 4.88. The molecule has 1 rings (SSSR count). The summed E-state index contributed by atoms with van der Waals surface area (Å²) >= 11 is 0. The number of carboxylic acids is 1. The van der Waals surface area contributed by atoms with Crippen LogP contribution in [-0.2, 0) is 16.0 Å². The molecule has 2 atom stereocenters. The molecule has 0 aromatic heterocycles. The summed E-state index contributed by atoms with van der Waals surface area (Å²) in [7, 11) is 1.51. The molecular weight excluding hydrogens is 276 g/mol. The van der Waals surface area contributed by atoms with Gasteiger partial charge in [-0.3, -0.25) is 0 Å². The summed E-state index contributed by atoms with van der Waals surface area (Å²) in [5.74, 6) is -1.03. The molecule has 0 radical (unpaired) electrons. The Labute approximate surface area is 122 Å². The lowest BCUT2D eigenvalue weighted by Crippen LogP contribution is -2.50. The Bertz CT molecular complexity index is 475. The number of methoxy groups -OCH3 is 1. The Balaban J connectivity index is 2.59. The maximum atomic E-state index is 11.7. The highest BCUT2D eigenvalue weighted by Crippen LogP contribution is 2.11. The van der Waals surface area contributed by atoms with Crippen LogP contribution in [0, 0.1) is 0 Å². The summed E-state index contributed by atoms with van der Waals surface area (Å²) in [5, 5.41) is 23.3. The fourth-order valence-corrected chi connectivity index (χ4v) is 1.78. The van der Waals surface area contributed by atoms with Gasteiger partial charge in [-0.2, -0.15) is 0 Å². The molecule has 0 saturated heterocycles. The van der Waals surface area contributed by atoms with E-state index in [-0.39, 0.29) is 18.2 Å². The van der Waals surface area contributed by atoms with Crippen LogP contribution < -0.4 is 10.6 Å². The predicted molar refractivity (Wildman–Crippen MR) is 76.2 cm³/mol. The average Bonchev–Trinajstić information content (AvgIpc) is 2.40. The molecule has 0 spiro atoms. The highest BCUT2D eigenvalue weighted by Gasteiger charge is 2.21. The Morgan fingerprint density at radius 3 is 2.38 bits per heavy atom. The lowest BCUT2D eigenvalue weighted by molar-refractivity contribution is -0.139. The predicted octanol–water partition coefficient (Wildman–Crippen LogP) is 0.722. The number of hydrogen-bond donors (Lipinski definition) is 4. The van der Waals surface area contributed by atoms with Crippen molar-refractivity contribution in [2.45, 2.75) is 25.4 Å².